The molecule has 0 unspecified atom stereocenters. The summed E-state index contributed by atoms with van der Waals surface area (Å²) in [6.07, 6.45) is 5.16. The SMILES string of the molecule is N#Cc1ccc(OCC(=O)NC2CCN(c3ncccn3)CC2)cc1. The van der Waals surface area contributed by atoms with Gasteiger partial charge in [-0.1, -0.05) is 0 Å². The number of nitrogens with one attached hydrogen (secondary N) is 1. The molecule has 1 aromatic heterocycles. The number of ether oxygens (including phenoxy) is 1. The zero-order valence-corrected chi connectivity index (χ0v) is 13.8. The molecule has 128 valence electrons. The molecule has 7 heteroatoms. The van der Waals surface area contributed by atoms with E-state index in [2.05, 4.69) is 20.2 Å². The van der Waals surface area contributed by atoms with Crippen LogP contribution >= 0.6 is 0 Å². The molecule has 1 aromatic carbocycles. The van der Waals surface area contributed by atoms with Crippen molar-refractivity contribution >= 4 is 11.9 Å². The lowest BCUT2D eigenvalue weighted by Gasteiger charge is -2.32. The van der Waals surface area contributed by atoms with Gasteiger partial charge in [-0.15, -0.1) is 0 Å². The van der Waals surface area contributed by atoms with Crippen LogP contribution in [0.4, 0.5) is 5.95 Å². The van der Waals surface area contributed by atoms with Crippen molar-refractivity contribution in [2.45, 2.75) is 18.9 Å². The third-order valence-electron chi connectivity index (χ3n) is 4.05. The minimum absolute atomic E-state index is 0.0338. The number of rotatable bonds is 5. The lowest BCUT2D eigenvalue weighted by molar-refractivity contribution is -0.123. The molecule has 7 nitrogen and oxygen atoms in total. The molecule has 0 atom stereocenters. The van der Waals surface area contributed by atoms with Gasteiger partial charge in [-0.3, -0.25) is 4.79 Å². The topological polar surface area (TPSA) is 91.1 Å². The van der Waals surface area contributed by atoms with Crippen LogP contribution in [-0.4, -0.2) is 41.6 Å². The molecule has 1 amide bonds. The molecule has 25 heavy (non-hydrogen) atoms. The van der Waals surface area contributed by atoms with Gasteiger partial charge in [0.05, 0.1) is 11.6 Å². The normalized spacial score (nSPS) is 14.6. The highest BCUT2D eigenvalue weighted by Crippen LogP contribution is 2.15. The van der Waals surface area contributed by atoms with Gasteiger partial charge in [0.2, 0.25) is 5.95 Å². The van der Waals surface area contributed by atoms with E-state index in [1.165, 1.54) is 0 Å². The maximum absolute atomic E-state index is 12.0. The average Bonchev–Trinajstić information content (AvgIpc) is 2.68. The molecular weight excluding hydrogens is 318 g/mol. The maximum atomic E-state index is 12.0. The van der Waals surface area contributed by atoms with Crippen molar-refractivity contribution in [1.82, 2.24) is 15.3 Å². The van der Waals surface area contributed by atoms with Gasteiger partial charge in [-0.05, 0) is 43.2 Å². The number of benzene rings is 1. The van der Waals surface area contributed by atoms with E-state index in [1.54, 1.807) is 42.7 Å². The van der Waals surface area contributed by atoms with E-state index in [9.17, 15) is 4.79 Å². The van der Waals surface area contributed by atoms with E-state index < -0.39 is 0 Å². The van der Waals surface area contributed by atoms with Crippen LogP contribution in [0.3, 0.4) is 0 Å². The first kappa shape index (κ1) is 16.7. The molecule has 2 heterocycles. The zero-order chi connectivity index (χ0) is 17.5. The van der Waals surface area contributed by atoms with Crippen LogP contribution in [0.1, 0.15) is 18.4 Å². The first-order chi connectivity index (χ1) is 12.2. The Bertz CT molecular complexity index is 734. The standard InChI is InChI=1S/C18H19N5O2/c19-12-14-2-4-16(5-3-14)25-13-17(24)22-15-6-10-23(11-7-15)18-20-8-1-9-21-18/h1-5,8-9,15H,6-7,10-11,13H2,(H,22,24). The number of aromatic nitrogens is 2. The lowest BCUT2D eigenvalue weighted by Crippen LogP contribution is -2.46. The van der Waals surface area contributed by atoms with Gasteiger partial charge in [0.25, 0.3) is 5.91 Å². The largest absolute Gasteiger partial charge is 0.484 e. The number of anilines is 1. The number of hydrogen-bond donors (Lipinski definition) is 1. The number of nitriles is 1. The van der Waals surface area contributed by atoms with Crippen molar-refractivity contribution in [3.8, 4) is 11.8 Å². The van der Waals surface area contributed by atoms with Gasteiger partial charge < -0.3 is 15.0 Å². The monoisotopic (exact) mass is 337 g/mol. The van der Waals surface area contributed by atoms with Crippen LogP contribution in [-0.2, 0) is 4.79 Å². The van der Waals surface area contributed by atoms with Crippen LogP contribution in [0.2, 0.25) is 0 Å². The summed E-state index contributed by atoms with van der Waals surface area (Å²) in [5, 5.41) is 11.8. The van der Waals surface area contributed by atoms with Crippen LogP contribution in [0, 0.1) is 11.3 Å². The molecular formula is C18H19N5O2. The molecule has 1 saturated heterocycles. The van der Waals surface area contributed by atoms with Gasteiger partial charge in [0, 0.05) is 31.5 Å². The van der Waals surface area contributed by atoms with Crippen LogP contribution in [0.15, 0.2) is 42.7 Å². The second kappa shape index (κ2) is 8.11. The highest BCUT2D eigenvalue weighted by Gasteiger charge is 2.22. The van der Waals surface area contributed by atoms with Crippen LogP contribution in [0.5, 0.6) is 5.75 Å². The van der Waals surface area contributed by atoms with E-state index in [-0.39, 0.29) is 18.6 Å². The number of carbonyl (C=O) groups is 1. The Morgan fingerprint density at radius 1 is 1.24 bits per heavy atom. The fourth-order valence-electron chi connectivity index (χ4n) is 2.72. The summed E-state index contributed by atoms with van der Waals surface area (Å²) in [5.41, 5.74) is 0.561. The van der Waals surface area contributed by atoms with Crippen molar-refractivity contribution in [2.75, 3.05) is 24.6 Å². The van der Waals surface area contributed by atoms with E-state index in [0.29, 0.717) is 11.3 Å². The zero-order valence-electron chi connectivity index (χ0n) is 13.8. The smallest absolute Gasteiger partial charge is 0.258 e. The predicted molar refractivity (Wildman–Crippen MR) is 92.1 cm³/mol. The Hall–Kier alpha value is -3.14. The minimum atomic E-state index is -0.140. The third kappa shape index (κ3) is 4.67. The van der Waals surface area contributed by atoms with Crippen molar-refractivity contribution in [1.29, 1.82) is 5.26 Å². The van der Waals surface area contributed by atoms with Gasteiger partial charge in [-0.25, -0.2) is 9.97 Å². The van der Waals surface area contributed by atoms with Crippen molar-refractivity contribution < 1.29 is 9.53 Å². The number of piperidine rings is 1. The molecule has 0 saturated carbocycles. The highest BCUT2D eigenvalue weighted by atomic mass is 16.5. The molecule has 0 spiro atoms. The van der Waals surface area contributed by atoms with Crippen molar-refractivity contribution in [3.63, 3.8) is 0 Å². The third-order valence-corrected chi connectivity index (χ3v) is 4.05. The molecule has 0 radical (unpaired) electrons. The molecule has 1 aliphatic rings. The quantitative estimate of drug-likeness (QED) is 0.889. The van der Waals surface area contributed by atoms with Crippen molar-refractivity contribution in [2.24, 2.45) is 0 Å². The van der Waals surface area contributed by atoms with Crippen LogP contribution in [0.25, 0.3) is 0 Å². The van der Waals surface area contributed by atoms with E-state index >= 15 is 0 Å². The lowest BCUT2D eigenvalue weighted by atomic mass is 10.1. The van der Waals surface area contributed by atoms with Gasteiger partial charge >= 0.3 is 0 Å². The highest BCUT2D eigenvalue weighted by molar-refractivity contribution is 5.77. The number of carbonyl (C=O) groups excluding carboxylic acids is 1. The number of nitrogens with zero attached hydrogens (tertiary/aromatic N) is 4. The van der Waals surface area contributed by atoms with Crippen LogP contribution < -0.4 is 15.0 Å². The minimum Gasteiger partial charge on any atom is -0.484 e. The predicted octanol–water partition coefficient (Wildman–Crippen LogP) is 1.51. The first-order valence-corrected chi connectivity index (χ1v) is 8.19. The molecule has 1 aliphatic heterocycles. The Morgan fingerprint density at radius 2 is 1.92 bits per heavy atom. The van der Waals surface area contributed by atoms with E-state index in [1.807, 2.05) is 6.07 Å². The second-order valence-corrected chi connectivity index (χ2v) is 5.80. The summed E-state index contributed by atoms with van der Waals surface area (Å²) < 4.78 is 5.45. The summed E-state index contributed by atoms with van der Waals surface area (Å²) in [4.78, 5) is 22.7. The van der Waals surface area contributed by atoms with Crippen molar-refractivity contribution in [3.05, 3.63) is 48.3 Å². The number of amides is 1. The Morgan fingerprint density at radius 3 is 2.56 bits per heavy atom. The van der Waals surface area contributed by atoms with E-state index in [4.69, 9.17) is 10.00 Å². The summed E-state index contributed by atoms with van der Waals surface area (Å²) in [5.74, 6) is 1.17. The van der Waals surface area contributed by atoms with Gasteiger partial charge in [0.15, 0.2) is 6.61 Å². The molecule has 1 N–H and O–H groups in total. The second-order valence-electron chi connectivity index (χ2n) is 5.80. The first-order valence-electron chi connectivity index (χ1n) is 8.19. The summed E-state index contributed by atoms with van der Waals surface area (Å²) >= 11 is 0. The Balaban J connectivity index is 1.41. The Kier molecular flexibility index (Phi) is 5.42. The van der Waals surface area contributed by atoms with Gasteiger partial charge in [0.1, 0.15) is 5.75 Å². The fraction of sp³-hybridized carbons (Fsp3) is 0.333. The Labute approximate surface area is 146 Å². The molecule has 0 bridgehead atoms. The molecule has 3 rings (SSSR count). The summed E-state index contributed by atoms with van der Waals surface area (Å²) in [6.45, 7) is 1.59. The molecule has 1 fully saturated rings. The van der Waals surface area contributed by atoms with Gasteiger partial charge in [-0.2, -0.15) is 5.26 Å². The summed E-state index contributed by atoms with van der Waals surface area (Å²) in [6, 6.07) is 10.7. The average molecular weight is 337 g/mol. The van der Waals surface area contributed by atoms with E-state index in [0.717, 1.165) is 31.9 Å². The fourth-order valence-corrected chi connectivity index (χ4v) is 2.72. The summed E-state index contributed by atoms with van der Waals surface area (Å²) in [7, 11) is 0. The maximum Gasteiger partial charge on any atom is 0.258 e. The number of hydrogen-bond acceptors (Lipinski definition) is 6. The molecule has 2 aromatic rings. The molecule has 0 aliphatic carbocycles.